The summed E-state index contributed by atoms with van der Waals surface area (Å²) in [6.45, 7) is 3.69. The summed E-state index contributed by atoms with van der Waals surface area (Å²) in [5.74, 6) is -0.472. The second-order valence-corrected chi connectivity index (χ2v) is 4.18. The summed E-state index contributed by atoms with van der Waals surface area (Å²) in [4.78, 5) is 23.3. The fourth-order valence-electron chi connectivity index (χ4n) is 1.40. The fourth-order valence-corrected chi connectivity index (χ4v) is 1.40. The molecule has 0 aliphatic carbocycles. The number of esters is 1. The van der Waals surface area contributed by atoms with Crippen molar-refractivity contribution >= 4 is 12.0 Å². The number of imidazole rings is 1. The van der Waals surface area contributed by atoms with E-state index in [0.29, 0.717) is 0 Å². The molecule has 0 spiro atoms. The maximum absolute atomic E-state index is 11.8. The van der Waals surface area contributed by atoms with Gasteiger partial charge in [-0.15, -0.1) is 0 Å². The van der Waals surface area contributed by atoms with E-state index in [4.69, 9.17) is 0 Å². The van der Waals surface area contributed by atoms with E-state index in [0.717, 1.165) is 0 Å². The van der Waals surface area contributed by atoms with Crippen molar-refractivity contribution in [1.29, 1.82) is 0 Å². The molecule has 6 heteroatoms. The first-order valence-corrected chi connectivity index (χ1v) is 5.37. The average Bonchev–Trinajstić information content (AvgIpc) is 2.71. The van der Waals surface area contributed by atoms with Gasteiger partial charge in [0, 0.05) is 0 Å². The van der Waals surface area contributed by atoms with Gasteiger partial charge in [-0.1, -0.05) is 13.8 Å². The first-order chi connectivity index (χ1) is 7.95. The van der Waals surface area contributed by atoms with E-state index in [2.05, 4.69) is 10.1 Å². The van der Waals surface area contributed by atoms with Gasteiger partial charge in [0.25, 0.3) is 6.33 Å². The standard InChI is InChI=1S/C11H17N3O3/c1-8(2)9(10(15)17-4)12-11(16)14-6-5-13(3)7-14/h5-9H,1-4H3/p+1/t9-/m0/s1. The molecule has 0 aromatic carbocycles. The molecule has 17 heavy (non-hydrogen) atoms. The van der Waals surface area contributed by atoms with Gasteiger partial charge < -0.3 is 10.1 Å². The Kier molecular flexibility index (Phi) is 4.25. The number of aryl methyl sites for hydroxylation is 1. The van der Waals surface area contributed by atoms with Crippen LogP contribution in [0.2, 0.25) is 0 Å². The lowest BCUT2D eigenvalue weighted by Gasteiger charge is -2.17. The summed E-state index contributed by atoms with van der Waals surface area (Å²) in [5, 5.41) is 2.63. The number of carbonyl (C=O) groups is 2. The predicted octanol–water partition coefficient (Wildman–Crippen LogP) is 0.0679. The summed E-state index contributed by atoms with van der Waals surface area (Å²) in [7, 11) is 3.11. The molecular weight excluding hydrogens is 222 g/mol. The molecule has 0 saturated carbocycles. The number of rotatable bonds is 3. The number of methoxy groups -OCH3 is 1. The maximum Gasteiger partial charge on any atom is 0.413 e. The van der Waals surface area contributed by atoms with Crippen LogP contribution < -0.4 is 9.88 Å². The van der Waals surface area contributed by atoms with Gasteiger partial charge in [-0.3, -0.25) is 0 Å². The van der Waals surface area contributed by atoms with Crippen molar-refractivity contribution in [3.8, 4) is 0 Å². The Morgan fingerprint density at radius 3 is 2.47 bits per heavy atom. The van der Waals surface area contributed by atoms with Crippen molar-refractivity contribution in [2.24, 2.45) is 13.0 Å². The lowest BCUT2D eigenvalue weighted by atomic mass is 10.1. The van der Waals surface area contributed by atoms with Crippen LogP contribution in [-0.4, -0.2) is 29.7 Å². The molecule has 0 bridgehead atoms. The molecule has 1 aromatic heterocycles. The van der Waals surface area contributed by atoms with Gasteiger partial charge in [0.05, 0.1) is 14.2 Å². The Labute approximate surface area is 100 Å². The number of nitrogens with zero attached hydrogens (tertiary/aromatic N) is 2. The zero-order valence-corrected chi connectivity index (χ0v) is 10.5. The molecule has 1 heterocycles. The highest BCUT2D eigenvalue weighted by atomic mass is 16.5. The molecule has 6 nitrogen and oxygen atoms in total. The highest BCUT2D eigenvalue weighted by Crippen LogP contribution is 2.03. The SMILES string of the molecule is COC(=O)[C@@H](NC(=O)n1cc[n+](C)c1)C(C)C. The Bertz CT molecular complexity index is 412. The van der Waals surface area contributed by atoms with E-state index in [-0.39, 0.29) is 11.9 Å². The van der Waals surface area contributed by atoms with Gasteiger partial charge in [-0.05, 0) is 5.92 Å². The van der Waals surface area contributed by atoms with Gasteiger partial charge in [-0.2, -0.15) is 4.57 Å². The summed E-state index contributed by atoms with van der Waals surface area (Å²) >= 11 is 0. The summed E-state index contributed by atoms with van der Waals surface area (Å²) in [6.07, 6.45) is 4.97. The zero-order chi connectivity index (χ0) is 13.0. The van der Waals surface area contributed by atoms with Crippen molar-refractivity contribution in [2.45, 2.75) is 19.9 Å². The number of hydrogen-bond donors (Lipinski definition) is 1. The van der Waals surface area contributed by atoms with Crippen LogP contribution in [-0.2, 0) is 16.6 Å². The summed E-state index contributed by atoms with van der Waals surface area (Å²) in [5.41, 5.74) is 0. The Morgan fingerprint density at radius 2 is 2.06 bits per heavy atom. The number of hydrogen-bond acceptors (Lipinski definition) is 3. The predicted molar refractivity (Wildman–Crippen MR) is 60.2 cm³/mol. The number of ether oxygens (including phenoxy) is 1. The monoisotopic (exact) mass is 240 g/mol. The third-order valence-corrected chi connectivity index (χ3v) is 2.40. The number of aromatic nitrogens is 2. The third kappa shape index (κ3) is 3.30. The average molecular weight is 240 g/mol. The maximum atomic E-state index is 11.8. The molecule has 1 rings (SSSR count). The van der Waals surface area contributed by atoms with Crippen LogP contribution in [0.1, 0.15) is 13.8 Å². The number of nitrogens with one attached hydrogen (secondary N) is 1. The second kappa shape index (κ2) is 5.47. The van der Waals surface area contributed by atoms with Crippen molar-refractivity contribution in [3.05, 3.63) is 18.7 Å². The molecule has 0 aliphatic rings. The van der Waals surface area contributed by atoms with E-state index in [1.165, 1.54) is 11.7 Å². The fraction of sp³-hybridized carbons (Fsp3) is 0.545. The van der Waals surface area contributed by atoms with Crippen molar-refractivity contribution in [3.63, 3.8) is 0 Å². The topological polar surface area (TPSA) is 64.2 Å². The van der Waals surface area contributed by atoms with Gasteiger partial charge in [0.1, 0.15) is 18.4 Å². The molecule has 1 atom stereocenters. The van der Waals surface area contributed by atoms with E-state index in [1.54, 1.807) is 23.3 Å². The molecule has 0 radical (unpaired) electrons. The number of carbonyl (C=O) groups excluding carboxylic acids is 2. The van der Waals surface area contributed by atoms with Gasteiger partial charge in [-0.25, -0.2) is 14.2 Å². The minimum atomic E-state index is -0.639. The minimum Gasteiger partial charge on any atom is -0.467 e. The minimum absolute atomic E-state index is 0.0317. The van der Waals surface area contributed by atoms with E-state index in [1.807, 2.05) is 20.9 Å². The highest BCUT2D eigenvalue weighted by Gasteiger charge is 2.27. The zero-order valence-electron chi connectivity index (χ0n) is 10.5. The van der Waals surface area contributed by atoms with Crippen LogP contribution >= 0.6 is 0 Å². The molecule has 0 aliphatic heterocycles. The Balaban J connectivity index is 2.74. The summed E-state index contributed by atoms with van der Waals surface area (Å²) < 4.78 is 7.76. The first-order valence-electron chi connectivity index (χ1n) is 5.37. The normalized spacial score (nSPS) is 12.3. The lowest BCUT2D eigenvalue weighted by Crippen LogP contribution is -2.46. The third-order valence-electron chi connectivity index (χ3n) is 2.40. The molecule has 1 amide bonds. The largest absolute Gasteiger partial charge is 0.467 e. The van der Waals surface area contributed by atoms with Crippen LogP contribution in [0.25, 0.3) is 0 Å². The van der Waals surface area contributed by atoms with Crippen LogP contribution in [0.15, 0.2) is 18.7 Å². The van der Waals surface area contributed by atoms with Crippen LogP contribution in [0.4, 0.5) is 4.79 Å². The molecule has 1 aromatic rings. The molecule has 0 unspecified atom stereocenters. The first kappa shape index (κ1) is 13.2. The van der Waals surface area contributed by atoms with E-state index in [9.17, 15) is 9.59 Å². The van der Waals surface area contributed by atoms with E-state index < -0.39 is 12.0 Å². The molecule has 0 fully saturated rings. The highest BCUT2D eigenvalue weighted by molar-refractivity contribution is 5.84. The van der Waals surface area contributed by atoms with E-state index >= 15 is 0 Å². The molecule has 94 valence electrons. The van der Waals surface area contributed by atoms with Crippen molar-refractivity contribution < 1.29 is 18.9 Å². The quantitative estimate of drug-likeness (QED) is 0.600. The van der Waals surface area contributed by atoms with Crippen LogP contribution in [0.5, 0.6) is 0 Å². The van der Waals surface area contributed by atoms with Gasteiger partial charge >= 0.3 is 12.0 Å². The van der Waals surface area contributed by atoms with Gasteiger partial charge in [0.15, 0.2) is 0 Å². The second-order valence-electron chi connectivity index (χ2n) is 4.18. The smallest absolute Gasteiger partial charge is 0.413 e. The molecular formula is C11H18N3O3+. The molecule has 0 saturated heterocycles. The van der Waals surface area contributed by atoms with Crippen LogP contribution in [0.3, 0.4) is 0 Å². The van der Waals surface area contributed by atoms with Crippen molar-refractivity contribution in [1.82, 2.24) is 9.88 Å². The number of amides is 1. The Morgan fingerprint density at radius 1 is 1.41 bits per heavy atom. The van der Waals surface area contributed by atoms with Crippen LogP contribution in [0, 0.1) is 5.92 Å². The molecule has 1 N–H and O–H groups in total. The Hall–Kier alpha value is -1.85. The van der Waals surface area contributed by atoms with Gasteiger partial charge in [0.2, 0.25) is 0 Å². The lowest BCUT2D eigenvalue weighted by molar-refractivity contribution is -0.670. The summed E-state index contributed by atoms with van der Waals surface area (Å²) in [6, 6.07) is -0.991. The van der Waals surface area contributed by atoms with Crippen molar-refractivity contribution in [2.75, 3.05) is 7.11 Å².